The molecular formula is C17H20N2O3. The van der Waals surface area contributed by atoms with Gasteiger partial charge in [-0.05, 0) is 62.3 Å². The standard InChI is InChI=1S/C17H20N2O3/c20-16-14(2-1-3-15(16)19(21)22)10-18-17-7-11-4-12(8-17)6-13(5-11)9-17/h1-3,10-13,20H,4-9H2. The molecular weight excluding hydrogens is 280 g/mol. The summed E-state index contributed by atoms with van der Waals surface area (Å²) in [6, 6.07) is 4.60. The van der Waals surface area contributed by atoms with Gasteiger partial charge in [0.25, 0.3) is 0 Å². The zero-order valence-corrected chi connectivity index (χ0v) is 12.4. The lowest BCUT2D eigenvalue weighted by Crippen LogP contribution is -2.49. The number of hydrogen-bond acceptors (Lipinski definition) is 4. The van der Waals surface area contributed by atoms with Crippen LogP contribution < -0.4 is 0 Å². The molecule has 4 aliphatic carbocycles. The number of aromatic hydroxyl groups is 1. The summed E-state index contributed by atoms with van der Waals surface area (Å²) in [5.41, 5.74) is 0.214. The molecule has 0 amide bonds. The van der Waals surface area contributed by atoms with Crippen LogP contribution in [0.1, 0.15) is 44.1 Å². The van der Waals surface area contributed by atoms with Gasteiger partial charge in [0, 0.05) is 17.8 Å². The van der Waals surface area contributed by atoms with Gasteiger partial charge in [-0.25, -0.2) is 0 Å². The first kappa shape index (κ1) is 13.7. The van der Waals surface area contributed by atoms with Gasteiger partial charge in [-0.15, -0.1) is 0 Å². The highest BCUT2D eigenvalue weighted by atomic mass is 16.6. The molecule has 1 N–H and O–H groups in total. The van der Waals surface area contributed by atoms with Gasteiger partial charge < -0.3 is 5.11 Å². The summed E-state index contributed by atoms with van der Waals surface area (Å²) in [5, 5.41) is 20.9. The van der Waals surface area contributed by atoms with Crippen LogP contribution in [-0.2, 0) is 0 Å². The van der Waals surface area contributed by atoms with Crippen molar-refractivity contribution in [3.63, 3.8) is 0 Å². The molecule has 0 radical (unpaired) electrons. The molecule has 1 aromatic rings. The van der Waals surface area contributed by atoms with Gasteiger partial charge in [-0.1, -0.05) is 6.07 Å². The maximum Gasteiger partial charge on any atom is 0.311 e. The smallest absolute Gasteiger partial charge is 0.311 e. The fraction of sp³-hybridized carbons (Fsp3) is 0.588. The number of hydrogen-bond donors (Lipinski definition) is 1. The molecule has 0 aromatic heterocycles. The predicted molar refractivity (Wildman–Crippen MR) is 83.3 cm³/mol. The Morgan fingerprint density at radius 1 is 1.18 bits per heavy atom. The Morgan fingerprint density at radius 3 is 2.32 bits per heavy atom. The van der Waals surface area contributed by atoms with Crippen molar-refractivity contribution >= 4 is 11.9 Å². The number of phenols is 1. The summed E-state index contributed by atoms with van der Waals surface area (Å²) in [4.78, 5) is 15.2. The van der Waals surface area contributed by atoms with E-state index in [0.29, 0.717) is 5.56 Å². The van der Waals surface area contributed by atoms with Crippen LogP contribution >= 0.6 is 0 Å². The zero-order valence-electron chi connectivity index (χ0n) is 12.4. The van der Waals surface area contributed by atoms with Crippen molar-refractivity contribution in [1.82, 2.24) is 0 Å². The molecule has 0 atom stereocenters. The van der Waals surface area contributed by atoms with Gasteiger partial charge in [0.1, 0.15) is 0 Å². The molecule has 4 saturated carbocycles. The lowest BCUT2D eigenvalue weighted by molar-refractivity contribution is -0.385. The Balaban J connectivity index is 1.62. The highest BCUT2D eigenvalue weighted by molar-refractivity contribution is 5.85. The quantitative estimate of drug-likeness (QED) is 0.525. The van der Waals surface area contributed by atoms with Crippen molar-refractivity contribution in [2.24, 2.45) is 22.7 Å². The van der Waals surface area contributed by atoms with Crippen LogP contribution in [-0.4, -0.2) is 21.8 Å². The van der Waals surface area contributed by atoms with Crippen LogP contribution in [0.4, 0.5) is 5.69 Å². The van der Waals surface area contributed by atoms with E-state index in [1.807, 2.05) is 0 Å². The summed E-state index contributed by atoms with van der Waals surface area (Å²) in [6.45, 7) is 0. The van der Waals surface area contributed by atoms with E-state index >= 15 is 0 Å². The Hall–Kier alpha value is -1.91. The maximum atomic E-state index is 10.9. The third-order valence-electron chi connectivity index (χ3n) is 5.73. The molecule has 22 heavy (non-hydrogen) atoms. The second-order valence-corrected chi connectivity index (χ2v) is 7.37. The molecule has 0 unspecified atom stereocenters. The van der Waals surface area contributed by atoms with Crippen molar-refractivity contribution in [3.05, 3.63) is 33.9 Å². The molecule has 0 saturated heterocycles. The van der Waals surface area contributed by atoms with Crippen molar-refractivity contribution in [2.45, 2.75) is 44.1 Å². The number of para-hydroxylation sites is 1. The van der Waals surface area contributed by atoms with Crippen LogP contribution in [0.3, 0.4) is 0 Å². The molecule has 5 nitrogen and oxygen atoms in total. The molecule has 0 aliphatic heterocycles. The number of benzene rings is 1. The Bertz CT molecular complexity index is 618. The van der Waals surface area contributed by atoms with E-state index in [0.717, 1.165) is 37.0 Å². The molecule has 1 aromatic carbocycles. The molecule has 0 heterocycles. The molecule has 116 valence electrons. The maximum absolute atomic E-state index is 10.9. The van der Waals surface area contributed by atoms with Crippen LogP contribution in [0, 0.1) is 27.9 Å². The first-order chi connectivity index (χ1) is 10.5. The fourth-order valence-electron chi connectivity index (χ4n) is 5.23. The van der Waals surface area contributed by atoms with E-state index in [-0.39, 0.29) is 17.0 Å². The average Bonchev–Trinajstić information content (AvgIpc) is 2.44. The summed E-state index contributed by atoms with van der Waals surface area (Å²) < 4.78 is 0. The highest BCUT2D eigenvalue weighted by Gasteiger charge is 2.50. The topological polar surface area (TPSA) is 75.7 Å². The van der Waals surface area contributed by atoms with Crippen molar-refractivity contribution in [2.75, 3.05) is 0 Å². The molecule has 5 heteroatoms. The third kappa shape index (κ3) is 2.19. The lowest BCUT2D eigenvalue weighted by Gasteiger charge is -2.54. The van der Waals surface area contributed by atoms with Gasteiger partial charge in [0.15, 0.2) is 0 Å². The van der Waals surface area contributed by atoms with Gasteiger partial charge >= 0.3 is 5.69 Å². The Morgan fingerprint density at radius 2 is 1.77 bits per heavy atom. The Labute approximate surface area is 129 Å². The second kappa shape index (κ2) is 4.80. The normalized spacial score (nSPS) is 36.1. The molecule has 4 bridgehead atoms. The average molecular weight is 300 g/mol. The summed E-state index contributed by atoms with van der Waals surface area (Å²) in [5.74, 6) is 2.15. The van der Waals surface area contributed by atoms with Crippen molar-refractivity contribution < 1.29 is 10.0 Å². The first-order valence-electron chi connectivity index (χ1n) is 8.06. The second-order valence-electron chi connectivity index (χ2n) is 7.37. The van der Waals surface area contributed by atoms with Crippen molar-refractivity contribution in [1.29, 1.82) is 0 Å². The predicted octanol–water partition coefficient (Wildman–Crippen LogP) is 3.69. The number of phenolic OH excluding ortho intramolecular Hbond substituents is 1. The first-order valence-corrected chi connectivity index (χ1v) is 8.06. The van der Waals surface area contributed by atoms with E-state index in [2.05, 4.69) is 0 Å². The number of nitrogens with zero attached hydrogens (tertiary/aromatic N) is 2. The summed E-state index contributed by atoms with van der Waals surface area (Å²) in [6.07, 6.45) is 9.17. The minimum absolute atomic E-state index is 0.0197. The van der Waals surface area contributed by atoms with Crippen LogP contribution in [0.5, 0.6) is 5.75 Å². The zero-order chi connectivity index (χ0) is 15.3. The summed E-state index contributed by atoms with van der Waals surface area (Å²) in [7, 11) is 0. The van der Waals surface area contributed by atoms with E-state index in [9.17, 15) is 15.2 Å². The highest BCUT2D eigenvalue weighted by Crippen LogP contribution is 2.57. The van der Waals surface area contributed by atoms with Crippen LogP contribution in [0.2, 0.25) is 0 Å². The third-order valence-corrected chi connectivity index (χ3v) is 5.73. The van der Waals surface area contributed by atoms with Crippen LogP contribution in [0.15, 0.2) is 23.2 Å². The Kier molecular flexibility index (Phi) is 2.99. The molecule has 0 spiro atoms. The van der Waals surface area contributed by atoms with E-state index in [4.69, 9.17) is 4.99 Å². The van der Waals surface area contributed by atoms with Crippen LogP contribution in [0.25, 0.3) is 0 Å². The van der Waals surface area contributed by atoms with E-state index in [1.165, 1.54) is 25.3 Å². The van der Waals surface area contributed by atoms with Gasteiger partial charge in [-0.3, -0.25) is 15.1 Å². The number of aliphatic imine (C=N–C) groups is 1. The minimum atomic E-state index is -0.558. The molecule has 5 rings (SSSR count). The largest absolute Gasteiger partial charge is 0.502 e. The SMILES string of the molecule is O=[N+]([O-])c1cccc(C=NC23CC4CC(CC(C4)C2)C3)c1O. The van der Waals surface area contributed by atoms with Gasteiger partial charge in [0.05, 0.1) is 10.5 Å². The number of nitro groups is 1. The lowest BCUT2D eigenvalue weighted by atomic mass is 9.53. The van der Waals surface area contributed by atoms with Crippen molar-refractivity contribution in [3.8, 4) is 5.75 Å². The number of rotatable bonds is 3. The van der Waals surface area contributed by atoms with Gasteiger partial charge in [-0.2, -0.15) is 0 Å². The van der Waals surface area contributed by atoms with E-state index < -0.39 is 4.92 Å². The number of nitro benzene ring substituents is 1. The van der Waals surface area contributed by atoms with E-state index in [1.54, 1.807) is 18.3 Å². The van der Waals surface area contributed by atoms with Gasteiger partial charge in [0.2, 0.25) is 5.75 Å². The monoisotopic (exact) mass is 300 g/mol. The molecule has 4 fully saturated rings. The minimum Gasteiger partial charge on any atom is -0.502 e. The fourth-order valence-corrected chi connectivity index (χ4v) is 5.23. The molecule has 4 aliphatic rings. The summed E-state index contributed by atoms with van der Waals surface area (Å²) >= 11 is 0.